The number of methoxy groups -OCH3 is 2. The number of hydrogen-bond acceptors (Lipinski definition) is 8. The highest BCUT2D eigenvalue weighted by Crippen LogP contribution is 2.62. The van der Waals surface area contributed by atoms with Gasteiger partial charge in [0.25, 0.3) is 0 Å². The average molecular weight is 342 g/mol. The summed E-state index contributed by atoms with van der Waals surface area (Å²) in [7, 11) is 2.70. The van der Waals surface area contributed by atoms with Crippen molar-refractivity contribution in [3.63, 3.8) is 0 Å². The number of carbonyl (C=O) groups is 2. The maximum absolute atomic E-state index is 12.5. The Hall–Kier alpha value is -1.22. The van der Waals surface area contributed by atoms with Gasteiger partial charge in [-0.2, -0.15) is 0 Å². The van der Waals surface area contributed by atoms with E-state index in [0.29, 0.717) is 39.3 Å². The molecular formula is C16H22O8. The Kier molecular flexibility index (Phi) is 3.83. The third-order valence-electron chi connectivity index (χ3n) is 5.86. The molecule has 0 aromatic heterocycles. The lowest BCUT2D eigenvalue weighted by Gasteiger charge is -2.34. The van der Waals surface area contributed by atoms with Gasteiger partial charge in [-0.1, -0.05) is 0 Å². The number of esters is 2. The molecule has 4 rings (SSSR count). The zero-order chi connectivity index (χ0) is 16.9. The summed E-state index contributed by atoms with van der Waals surface area (Å²) in [4.78, 5) is 25.0. The van der Waals surface area contributed by atoms with Crippen molar-refractivity contribution in [3.8, 4) is 0 Å². The van der Waals surface area contributed by atoms with Gasteiger partial charge in [-0.25, -0.2) is 0 Å². The Balaban J connectivity index is 1.72. The molecule has 0 aromatic rings. The van der Waals surface area contributed by atoms with Crippen molar-refractivity contribution in [1.29, 1.82) is 0 Å². The third-order valence-corrected chi connectivity index (χ3v) is 5.86. The maximum Gasteiger partial charge on any atom is 0.314 e. The summed E-state index contributed by atoms with van der Waals surface area (Å²) < 4.78 is 33.3. The third kappa shape index (κ3) is 2.06. The molecule has 0 aromatic carbocycles. The van der Waals surface area contributed by atoms with E-state index in [4.69, 9.17) is 28.4 Å². The molecule has 0 N–H and O–H groups in total. The molecule has 2 spiro atoms. The van der Waals surface area contributed by atoms with Gasteiger partial charge in [0.2, 0.25) is 0 Å². The number of carbonyl (C=O) groups excluding carboxylic acids is 2. The van der Waals surface area contributed by atoms with Crippen molar-refractivity contribution in [2.75, 3.05) is 40.6 Å². The summed E-state index contributed by atoms with van der Waals surface area (Å²) in [6.45, 7) is 1.70. The molecule has 4 atom stereocenters. The lowest BCUT2D eigenvalue weighted by atomic mass is 9.88. The fourth-order valence-corrected chi connectivity index (χ4v) is 5.09. The lowest BCUT2D eigenvalue weighted by Crippen LogP contribution is -2.46. The molecule has 0 amide bonds. The molecule has 4 fully saturated rings. The van der Waals surface area contributed by atoms with E-state index in [2.05, 4.69) is 0 Å². The van der Waals surface area contributed by atoms with Gasteiger partial charge in [-0.15, -0.1) is 0 Å². The standard InChI is InChI=1S/C16H22O8/c1-19-13(17)11-9-7-16(23-5-6-24-16)12(14(18)20-2)10(9)8-15(11)21-3-4-22-15/h9-12H,3-8H2,1-2H3/t9-,10-,11-,12-/m0/s1. The number of hydrogen-bond donors (Lipinski definition) is 0. The second-order valence-electron chi connectivity index (χ2n) is 6.76. The van der Waals surface area contributed by atoms with E-state index in [9.17, 15) is 9.59 Å². The molecule has 8 heteroatoms. The monoisotopic (exact) mass is 342 g/mol. The van der Waals surface area contributed by atoms with E-state index in [1.807, 2.05) is 0 Å². The van der Waals surface area contributed by atoms with Crippen molar-refractivity contribution in [1.82, 2.24) is 0 Å². The van der Waals surface area contributed by atoms with E-state index >= 15 is 0 Å². The minimum absolute atomic E-state index is 0.183. The van der Waals surface area contributed by atoms with Gasteiger partial charge in [0.05, 0.1) is 40.6 Å². The second kappa shape index (κ2) is 5.66. The van der Waals surface area contributed by atoms with E-state index in [-0.39, 0.29) is 23.8 Å². The van der Waals surface area contributed by atoms with Crippen LogP contribution in [0.1, 0.15) is 12.8 Å². The summed E-state index contributed by atoms with van der Waals surface area (Å²) >= 11 is 0. The average Bonchev–Trinajstić information content (AvgIpc) is 3.33. The van der Waals surface area contributed by atoms with Crippen LogP contribution in [0.5, 0.6) is 0 Å². The van der Waals surface area contributed by atoms with Crippen molar-refractivity contribution in [2.45, 2.75) is 24.4 Å². The molecule has 2 saturated heterocycles. The Morgan fingerprint density at radius 1 is 0.750 bits per heavy atom. The largest absolute Gasteiger partial charge is 0.469 e. The highest BCUT2D eigenvalue weighted by atomic mass is 16.7. The first-order valence-corrected chi connectivity index (χ1v) is 8.28. The maximum atomic E-state index is 12.5. The van der Waals surface area contributed by atoms with Crippen LogP contribution in [0.25, 0.3) is 0 Å². The molecule has 8 nitrogen and oxygen atoms in total. The van der Waals surface area contributed by atoms with Crippen LogP contribution in [0.15, 0.2) is 0 Å². The summed E-state index contributed by atoms with van der Waals surface area (Å²) in [6, 6.07) is 0. The lowest BCUT2D eigenvalue weighted by molar-refractivity contribution is -0.224. The first-order chi connectivity index (χ1) is 11.6. The molecule has 0 radical (unpaired) electrons. The Labute approximate surface area is 139 Å². The Morgan fingerprint density at radius 2 is 1.08 bits per heavy atom. The fourth-order valence-electron chi connectivity index (χ4n) is 5.09. The van der Waals surface area contributed by atoms with Crippen molar-refractivity contribution in [3.05, 3.63) is 0 Å². The Bertz CT molecular complexity index is 486. The molecule has 0 unspecified atom stereocenters. The molecule has 2 aliphatic heterocycles. The molecule has 134 valence electrons. The van der Waals surface area contributed by atoms with Crippen LogP contribution >= 0.6 is 0 Å². The van der Waals surface area contributed by atoms with Gasteiger partial charge in [-0.3, -0.25) is 9.59 Å². The van der Waals surface area contributed by atoms with E-state index in [1.165, 1.54) is 14.2 Å². The zero-order valence-electron chi connectivity index (χ0n) is 13.8. The van der Waals surface area contributed by atoms with Crippen molar-refractivity contribution < 1.29 is 38.0 Å². The minimum atomic E-state index is -1.02. The van der Waals surface area contributed by atoms with Crippen LogP contribution in [0.3, 0.4) is 0 Å². The highest BCUT2D eigenvalue weighted by molar-refractivity contribution is 5.78. The predicted molar refractivity (Wildman–Crippen MR) is 76.5 cm³/mol. The van der Waals surface area contributed by atoms with Crippen LogP contribution in [0.4, 0.5) is 0 Å². The molecular weight excluding hydrogens is 320 g/mol. The van der Waals surface area contributed by atoms with Crippen molar-refractivity contribution in [2.24, 2.45) is 23.7 Å². The predicted octanol–water partition coefficient (Wildman–Crippen LogP) is 0.0908. The second-order valence-corrected chi connectivity index (χ2v) is 6.76. The zero-order valence-corrected chi connectivity index (χ0v) is 13.8. The first kappa shape index (κ1) is 16.3. The minimum Gasteiger partial charge on any atom is -0.469 e. The van der Waals surface area contributed by atoms with Gasteiger partial charge in [0.15, 0.2) is 11.6 Å². The van der Waals surface area contributed by atoms with Gasteiger partial charge in [0, 0.05) is 12.8 Å². The summed E-state index contributed by atoms with van der Waals surface area (Å²) in [5.74, 6) is -4.38. The highest BCUT2D eigenvalue weighted by Gasteiger charge is 2.72. The summed E-state index contributed by atoms with van der Waals surface area (Å²) in [6.07, 6.45) is 0.845. The normalized spacial score (nSPS) is 38.6. The Morgan fingerprint density at radius 3 is 1.38 bits per heavy atom. The first-order valence-electron chi connectivity index (χ1n) is 8.28. The number of fused-ring (bicyclic) bond motifs is 1. The summed E-state index contributed by atoms with van der Waals surface area (Å²) in [5.41, 5.74) is 0. The quantitative estimate of drug-likeness (QED) is 0.653. The van der Waals surface area contributed by atoms with Crippen LogP contribution in [0, 0.1) is 23.7 Å². The van der Waals surface area contributed by atoms with Crippen LogP contribution < -0.4 is 0 Å². The molecule has 2 saturated carbocycles. The van der Waals surface area contributed by atoms with E-state index < -0.39 is 23.4 Å². The topological polar surface area (TPSA) is 89.5 Å². The SMILES string of the molecule is COC(=O)[C@@H]1[C@H]2CC3(OCCO3)[C@H](C(=O)OC)[C@H]2CC12OCCO2. The van der Waals surface area contributed by atoms with Gasteiger partial charge >= 0.3 is 11.9 Å². The van der Waals surface area contributed by atoms with Crippen LogP contribution in [0.2, 0.25) is 0 Å². The van der Waals surface area contributed by atoms with Crippen molar-refractivity contribution >= 4 is 11.9 Å². The van der Waals surface area contributed by atoms with E-state index in [1.54, 1.807) is 0 Å². The smallest absolute Gasteiger partial charge is 0.314 e. The fraction of sp³-hybridized carbons (Fsp3) is 0.875. The summed E-state index contributed by atoms with van der Waals surface area (Å²) in [5, 5.41) is 0. The van der Waals surface area contributed by atoms with E-state index in [0.717, 1.165) is 0 Å². The van der Waals surface area contributed by atoms with Gasteiger partial charge in [0.1, 0.15) is 11.8 Å². The van der Waals surface area contributed by atoms with Crippen LogP contribution in [-0.2, 0) is 38.0 Å². The van der Waals surface area contributed by atoms with Gasteiger partial charge < -0.3 is 28.4 Å². The number of rotatable bonds is 2. The van der Waals surface area contributed by atoms with Crippen LogP contribution in [-0.4, -0.2) is 64.2 Å². The van der Waals surface area contributed by atoms with Gasteiger partial charge in [-0.05, 0) is 11.8 Å². The molecule has 24 heavy (non-hydrogen) atoms. The molecule has 4 aliphatic rings. The number of ether oxygens (including phenoxy) is 6. The molecule has 2 aliphatic carbocycles. The molecule has 0 bridgehead atoms. The molecule has 2 heterocycles.